The molecule has 0 aromatic carbocycles. The molecular formula is C7H10O2S2. The van der Waals surface area contributed by atoms with Gasteiger partial charge >= 0.3 is 5.97 Å². The van der Waals surface area contributed by atoms with E-state index in [4.69, 9.17) is 4.18 Å². The molecule has 2 nitrogen and oxygen atoms in total. The number of rotatable bonds is 4. The van der Waals surface area contributed by atoms with Crippen LogP contribution in [0.4, 0.5) is 0 Å². The van der Waals surface area contributed by atoms with Gasteiger partial charge in [-0.2, -0.15) is 11.8 Å². The average molecular weight is 190 g/mol. The van der Waals surface area contributed by atoms with Gasteiger partial charge in [0.2, 0.25) is 0 Å². The Kier molecular flexibility index (Phi) is 3.33. The molecule has 1 aliphatic rings. The molecule has 62 valence electrons. The van der Waals surface area contributed by atoms with E-state index in [2.05, 4.69) is 6.58 Å². The first kappa shape index (κ1) is 9.00. The Hall–Kier alpha value is -0.0900. The summed E-state index contributed by atoms with van der Waals surface area (Å²) in [5, 5.41) is 0.706. The van der Waals surface area contributed by atoms with Crippen molar-refractivity contribution in [3.05, 3.63) is 12.2 Å². The lowest BCUT2D eigenvalue weighted by Crippen LogP contribution is -2.00. The zero-order valence-electron chi connectivity index (χ0n) is 6.33. The monoisotopic (exact) mass is 190 g/mol. The van der Waals surface area contributed by atoms with Crippen molar-refractivity contribution in [2.24, 2.45) is 0 Å². The molecule has 1 atom stereocenters. The lowest BCUT2D eigenvalue weighted by molar-refractivity contribution is -0.128. The van der Waals surface area contributed by atoms with Gasteiger partial charge in [0.05, 0.1) is 12.0 Å². The first-order chi connectivity index (χ1) is 5.20. The fourth-order valence-corrected chi connectivity index (χ4v) is 1.94. The van der Waals surface area contributed by atoms with E-state index in [0.717, 1.165) is 5.75 Å². The van der Waals surface area contributed by atoms with E-state index < -0.39 is 0 Å². The van der Waals surface area contributed by atoms with Gasteiger partial charge in [-0.3, -0.25) is 0 Å². The highest BCUT2D eigenvalue weighted by Crippen LogP contribution is 2.33. The van der Waals surface area contributed by atoms with Crippen molar-refractivity contribution >= 4 is 29.8 Å². The quantitative estimate of drug-likeness (QED) is 0.384. The molecule has 0 saturated carbocycles. The summed E-state index contributed by atoms with van der Waals surface area (Å²) in [6, 6.07) is 0. The van der Waals surface area contributed by atoms with E-state index in [1.54, 1.807) is 6.92 Å². The standard InChI is InChI=1S/C7H10O2S2/c1-5(2)7(8)9-11-4-6-3-10-6/h6H,1,3-4H2,2H3. The van der Waals surface area contributed by atoms with Crippen LogP contribution in [0, 0.1) is 0 Å². The highest BCUT2D eigenvalue weighted by molar-refractivity contribution is 8.08. The van der Waals surface area contributed by atoms with Gasteiger partial charge in [-0.25, -0.2) is 4.79 Å². The number of carbonyl (C=O) groups is 1. The first-order valence-corrected chi connectivity index (χ1v) is 5.27. The van der Waals surface area contributed by atoms with Crippen molar-refractivity contribution in [3.8, 4) is 0 Å². The summed E-state index contributed by atoms with van der Waals surface area (Å²) in [5.74, 6) is 1.81. The maximum Gasteiger partial charge on any atom is 0.345 e. The molecule has 1 fully saturated rings. The lowest BCUT2D eigenvalue weighted by atomic mass is 10.4. The van der Waals surface area contributed by atoms with Crippen LogP contribution >= 0.6 is 23.8 Å². The van der Waals surface area contributed by atoms with Gasteiger partial charge in [-0.15, -0.1) is 0 Å². The Bertz CT molecular complexity index is 175. The van der Waals surface area contributed by atoms with E-state index in [9.17, 15) is 4.79 Å². The van der Waals surface area contributed by atoms with Crippen LogP contribution in [-0.2, 0) is 8.98 Å². The minimum Gasteiger partial charge on any atom is -0.388 e. The molecule has 0 aliphatic carbocycles. The van der Waals surface area contributed by atoms with Crippen molar-refractivity contribution in [1.29, 1.82) is 0 Å². The Labute approximate surface area is 75.0 Å². The normalized spacial score (nSPS) is 21.0. The minimum absolute atomic E-state index is 0.305. The average Bonchev–Trinajstić information content (AvgIpc) is 2.71. The topological polar surface area (TPSA) is 26.3 Å². The molecule has 0 amide bonds. The third-order valence-corrected chi connectivity index (χ3v) is 3.13. The first-order valence-electron chi connectivity index (χ1n) is 3.31. The summed E-state index contributed by atoms with van der Waals surface area (Å²) >= 11 is 3.12. The lowest BCUT2D eigenvalue weighted by Gasteiger charge is -1.99. The Balaban J connectivity index is 2.01. The van der Waals surface area contributed by atoms with Crippen LogP contribution in [0.2, 0.25) is 0 Å². The van der Waals surface area contributed by atoms with Crippen molar-refractivity contribution in [2.75, 3.05) is 11.5 Å². The van der Waals surface area contributed by atoms with Crippen molar-refractivity contribution < 1.29 is 8.98 Å². The van der Waals surface area contributed by atoms with Gasteiger partial charge < -0.3 is 4.18 Å². The second-order valence-corrected chi connectivity index (χ2v) is 4.46. The number of hydrogen-bond acceptors (Lipinski definition) is 4. The molecule has 1 unspecified atom stereocenters. The molecule has 0 aromatic heterocycles. The Morgan fingerprint density at radius 3 is 3.00 bits per heavy atom. The van der Waals surface area contributed by atoms with Gasteiger partial charge in [0, 0.05) is 22.3 Å². The van der Waals surface area contributed by atoms with Crippen LogP contribution in [-0.4, -0.2) is 22.7 Å². The highest BCUT2D eigenvalue weighted by atomic mass is 32.2. The third kappa shape index (κ3) is 3.72. The van der Waals surface area contributed by atoms with Crippen LogP contribution in [0.1, 0.15) is 6.92 Å². The molecule has 1 saturated heterocycles. The molecule has 4 heteroatoms. The molecule has 0 spiro atoms. The van der Waals surface area contributed by atoms with E-state index in [1.165, 1.54) is 17.8 Å². The van der Waals surface area contributed by atoms with Crippen LogP contribution in [0.25, 0.3) is 0 Å². The summed E-state index contributed by atoms with van der Waals surface area (Å²) in [6.45, 7) is 5.12. The predicted molar refractivity (Wildman–Crippen MR) is 49.6 cm³/mol. The molecule has 11 heavy (non-hydrogen) atoms. The van der Waals surface area contributed by atoms with Gasteiger partial charge in [-0.1, -0.05) is 6.58 Å². The van der Waals surface area contributed by atoms with Gasteiger partial charge in [0.25, 0.3) is 0 Å². The smallest absolute Gasteiger partial charge is 0.345 e. The fraction of sp³-hybridized carbons (Fsp3) is 0.571. The zero-order chi connectivity index (χ0) is 8.27. The molecule has 0 N–H and O–H groups in total. The summed E-state index contributed by atoms with van der Waals surface area (Å²) in [4.78, 5) is 10.8. The van der Waals surface area contributed by atoms with E-state index in [1.807, 2.05) is 11.8 Å². The second-order valence-electron chi connectivity index (χ2n) is 2.39. The van der Waals surface area contributed by atoms with Crippen LogP contribution in [0.3, 0.4) is 0 Å². The SMILES string of the molecule is C=C(C)C(=O)OSCC1CS1. The highest BCUT2D eigenvalue weighted by Gasteiger charge is 2.23. The largest absolute Gasteiger partial charge is 0.388 e. The van der Waals surface area contributed by atoms with Crippen molar-refractivity contribution in [1.82, 2.24) is 0 Å². The van der Waals surface area contributed by atoms with Crippen LogP contribution in [0.5, 0.6) is 0 Å². The van der Waals surface area contributed by atoms with Crippen molar-refractivity contribution in [2.45, 2.75) is 12.2 Å². The molecule has 1 rings (SSSR count). The van der Waals surface area contributed by atoms with Gasteiger partial charge in [-0.05, 0) is 6.92 Å². The van der Waals surface area contributed by atoms with Crippen LogP contribution in [0.15, 0.2) is 12.2 Å². The van der Waals surface area contributed by atoms with E-state index in [0.29, 0.717) is 10.8 Å². The van der Waals surface area contributed by atoms with E-state index >= 15 is 0 Å². The molecule has 0 aromatic rings. The van der Waals surface area contributed by atoms with E-state index in [-0.39, 0.29) is 5.97 Å². The van der Waals surface area contributed by atoms with Crippen LogP contribution < -0.4 is 0 Å². The molecular weight excluding hydrogens is 180 g/mol. The summed E-state index contributed by atoms with van der Waals surface area (Å²) < 4.78 is 4.82. The Morgan fingerprint density at radius 1 is 1.91 bits per heavy atom. The number of carbonyl (C=O) groups excluding carboxylic acids is 1. The summed E-state index contributed by atoms with van der Waals surface area (Å²) in [6.07, 6.45) is 0. The maximum atomic E-state index is 10.8. The third-order valence-electron chi connectivity index (χ3n) is 1.14. The predicted octanol–water partition coefficient (Wildman–Crippen LogP) is 1.87. The molecule has 0 bridgehead atoms. The van der Waals surface area contributed by atoms with Gasteiger partial charge in [0.1, 0.15) is 0 Å². The fourth-order valence-electron chi connectivity index (χ4n) is 0.399. The number of hydrogen-bond donors (Lipinski definition) is 0. The second kappa shape index (κ2) is 4.07. The summed E-state index contributed by atoms with van der Waals surface area (Å²) in [5.41, 5.74) is 0.459. The minimum atomic E-state index is -0.305. The summed E-state index contributed by atoms with van der Waals surface area (Å²) in [7, 11) is 0. The number of thioether (sulfide) groups is 1. The van der Waals surface area contributed by atoms with Crippen molar-refractivity contribution in [3.63, 3.8) is 0 Å². The Morgan fingerprint density at radius 2 is 2.55 bits per heavy atom. The maximum absolute atomic E-state index is 10.8. The zero-order valence-corrected chi connectivity index (χ0v) is 7.96. The van der Waals surface area contributed by atoms with Gasteiger partial charge in [0.15, 0.2) is 0 Å². The molecule has 0 radical (unpaired) electrons. The molecule has 1 aliphatic heterocycles. The molecule has 1 heterocycles.